The van der Waals surface area contributed by atoms with Crippen molar-refractivity contribution in [1.82, 2.24) is 5.16 Å². The molecule has 0 bridgehead atoms. The Morgan fingerprint density at radius 1 is 0.957 bits per heavy atom. The highest BCUT2D eigenvalue weighted by atomic mass is 35.5. The monoisotopic (exact) mass is 368 g/mol. The van der Waals surface area contributed by atoms with E-state index in [0.29, 0.717) is 0 Å². The first kappa shape index (κ1) is 15.9. The fourth-order valence-electron chi connectivity index (χ4n) is 2.15. The minimum absolute atomic E-state index is 0.0121. The van der Waals surface area contributed by atoms with Gasteiger partial charge in [0.25, 0.3) is 0 Å². The second-order valence-corrected chi connectivity index (χ2v) is 7.34. The minimum Gasteiger partial charge on any atom is -0.366 e. The number of hydrogen-bond donors (Lipinski definition) is 1. The van der Waals surface area contributed by atoms with Crippen molar-refractivity contribution < 1.29 is 12.9 Å². The van der Waals surface area contributed by atoms with Crippen LogP contribution in [0.5, 0.6) is 0 Å². The summed E-state index contributed by atoms with van der Waals surface area (Å²) in [6.45, 7) is 0. The van der Waals surface area contributed by atoms with E-state index < -0.39 is 9.84 Å². The molecule has 3 aromatic rings. The molecule has 0 amide bonds. The first-order valence-corrected chi connectivity index (χ1v) is 8.66. The average molecular weight is 369 g/mol. The van der Waals surface area contributed by atoms with Crippen molar-refractivity contribution in [2.45, 2.75) is 9.79 Å². The highest BCUT2D eigenvalue weighted by molar-refractivity contribution is 7.91. The van der Waals surface area contributed by atoms with Crippen LogP contribution in [0.25, 0.3) is 11.3 Å². The molecule has 0 aliphatic rings. The van der Waals surface area contributed by atoms with Gasteiger partial charge in [-0.15, -0.1) is 0 Å². The molecule has 0 spiro atoms. The van der Waals surface area contributed by atoms with Gasteiger partial charge in [-0.2, -0.15) is 0 Å². The Kier molecular flexibility index (Phi) is 4.06. The Labute approximate surface area is 142 Å². The summed E-state index contributed by atoms with van der Waals surface area (Å²) in [7, 11) is -3.94. The quantitative estimate of drug-likeness (QED) is 0.752. The van der Waals surface area contributed by atoms with Gasteiger partial charge in [0.2, 0.25) is 15.7 Å². The number of halogens is 2. The summed E-state index contributed by atoms with van der Waals surface area (Å²) in [6, 6.07) is 12.6. The van der Waals surface area contributed by atoms with Crippen LogP contribution in [-0.2, 0) is 9.84 Å². The van der Waals surface area contributed by atoms with Crippen LogP contribution < -0.4 is 5.73 Å². The van der Waals surface area contributed by atoms with Gasteiger partial charge in [0.1, 0.15) is 5.69 Å². The highest BCUT2D eigenvalue weighted by Gasteiger charge is 2.31. The average Bonchev–Trinajstić information content (AvgIpc) is 2.90. The van der Waals surface area contributed by atoms with Crippen molar-refractivity contribution in [3.05, 3.63) is 58.6 Å². The lowest BCUT2D eigenvalue weighted by molar-refractivity contribution is 0.437. The molecule has 0 unspecified atom stereocenters. The van der Waals surface area contributed by atoms with Crippen molar-refractivity contribution in [1.29, 1.82) is 0 Å². The third kappa shape index (κ3) is 2.69. The third-order valence-electron chi connectivity index (χ3n) is 3.20. The zero-order valence-corrected chi connectivity index (χ0v) is 13.9. The standard InChI is InChI=1S/C15H10Cl2N2O3S/c16-10-7-4-8-11(17)12(10)13-14(15(18)22-19-13)23(20,21)9-5-2-1-3-6-9/h1-8H,18H2. The fourth-order valence-corrected chi connectivity index (χ4v) is 4.18. The van der Waals surface area contributed by atoms with Crippen molar-refractivity contribution in [2.75, 3.05) is 5.73 Å². The van der Waals surface area contributed by atoms with Crippen LogP contribution in [0.15, 0.2) is 62.8 Å². The molecule has 118 valence electrons. The van der Waals surface area contributed by atoms with Gasteiger partial charge in [-0.05, 0) is 24.3 Å². The maximum Gasteiger partial charge on any atom is 0.242 e. The van der Waals surface area contributed by atoms with Gasteiger partial charge in [-0.1, -0.05) is 52.6 Å². The van der Waals surface area contributed by atoms with E-state index in [1.807, 2.05) is 0 Å². The van der Waals surface area contributed by atoms with Crippen LogP contribution in [-0.4, -0.2) is 13.6 Å². The zero-order chi connectivity index (χ0) is 16.6. The number of benzene rings is 2. The Bertz CT molecular complexity index is 949. The van der Waals surface area contributed by atoms with E-state index in [1.165, 1.54) is 12.1 Å². The van der Waals surface area contributed by atoms with Crippen LogP contribution in [0.4, 0.5) is 5.88 Å². The zero-order valence-electron chi connectivity index (χ0n) is 11.5. The Hall–Kier alpha value is -2.02. The van der Waals surface area contributed by atoms with Crippen molar-refractivity contribution in [3.63, 3.8) is 0 Å². The van der Waals surface area contributed by atoms with Crippen LogP contribution in [0.2, 0.25) is 10.0 Å². The SMILES string of the molecule is Nc1onc(-c2c(Cl)cccc2Cl)c1S(=O)(=O)c1ccccc1. The highest BCUT2D eigenvalue weighted by Crippen LogP contribution is 2.41. The van der Waals surface area contributed by atoms with E-state index in [1.54, 1.807) is 36.4 Å². The summed E-state index contributed by atoms with van der Waals surface area (Å²) in [5, 5.41) is 4.24. The molecule has 5 nitrogen and oxygen atoms in total. The summed E-state index contributed by atoms with van der Waals surface area (Å²) < 4.78 is 30.6. The number of nitrogens with zero attached hydrogens (tertiary/aromatic N) is 1. The molecule has 2 N–H and O–H groups in total. The van der Waals surface area contributed by atoms with Gasteiger partial charge in [0.15, 0.2) is 4.90 Å². The maximum atomic E-state index is 12.9. The third-order valence-corrected chi connectivity index (χ3v) is 5.65. The van der Waals surface area contributed by atoms with Crippen LogP contribution in [0, 0.1) is 0 Å². The summed E-state index contributed by atoms with van der Waals surface area (Å²) in [4.78, 5) is -0.182. The summed E-state index contributed by atoms with van der Waals surface area (Å²) in [6.07, 6.45) is 0. The summed E-state index contributed by atoms with van der Waals surface area (Å²) >= 11 is 12.3. The van der Waals surface area contributed by atoms with E-state index in [9.17, 15) is 8.42 Å². The van der Waals surface area contributed by atoms with Crippen molar-refractivity contribution >= 4 is 38.9 Å². The predicted molar refractivity (Wildman–Crippen MR) is 88.3 cm³/mol. The molecular formula is C15H10Cl2N2O3S. The molecule has 0 aliphatic heterocycles. The lowest BCUT2D eigenvalue weighted by Crippen LogP contribution is -2.05. The molecule has 0 saturated carbocycles. The lowest BCUT2D eigenvalue weighted by Gasteiger charge is -2.07. The number of hydrogen-bond acceptors (Lipinski definition) is 5. The van der Waals surface area contributed by atoms with Gasteiger partial charge in [-0.3, -0.25) is 0 Å². The molecule has 0 atom stereocenters. The van der Waals surface area contributed by atoms with E-state index in [-0.39, 0.29) is 37.0 Å². The topological polar surface area (TPSA) is 86.2 Å². The number of sulfone groups is 1. The fraction of sp³-hybridized carbons (Fsp3) is 0. The van der Waals surface area contributed by atoms with Gasteiger partial charge in [0, 0.05) is 5.56 Å². The number of nitrogens with two attached hydrogens (primary N) is 1. The largest absolute Gasteiger partial charge is 0.366 e. The van der Waals surface area contributed by atoms with E-state index >= 15 is 0 Å². The normalized spacial score (nSPS) is 11.6. The van der Waals surface area contributed by atoms with E-state index in [4.69, 9.17) is 33.5 Å². The number of nitrogen functional groups attached to an aromatic ring is 1. The first-order valence-electron chi connectivity index (χ1n) is 6.42. The lowest BCUT2D eigenvalue weighted by atomic mass is 10.1. The Morgan fingerprint density at radius 2 is 1.57 bits per heavy atom. The van der Waals surface area contributed by atoms with Crippen LogP contribution in [0.1, 0.15) is 0 Å². The van der Waals surface area contributed by atoms with E-state index in [2.05, 4.69) is 5.16 Å². The predicted octanol–water partition coefficient (Wildman–Crippen LogP) is 4.06. The molecule has 0 radical (unpaired) electrons. The number of anilines is 1. The molecule has 3 rings (SSSR count). The van der Waals surface area contributed by atoms with Gasteiger partial charge >= 0.3 is 0 Å². The van der Waals surface area contributed by atoms with Crippen LogP contribution >= 0.6 is 23.2 Å². The smallest absolute Gasteiger partial charge is 0.242 e. The molecule has 1 heterocycles. The Morgan fingerprint density at radius 3 is 2.17 bits per heavy atom. The maximum absolute atomic E-state index is 12.9. The molecule has 1 aromatic heterocycles. The molecule has 0 fully saturated rings. The number of aromatic nitrogens is 1. The van der Waals surface area contributed by atoms with Gasteiger partial charge in [0.05, 0.1) is 14.9 Å². The second-order valence-electron chi connectivity index (χ2n) is 4.64. The second kappa shape index (κ2) is 5.88. The van der Waals surface area contributed by atoms with Gasteiger partial charge < -0.3 is 10.3 Å². The van der Waals surface area contributed by atoms with Crippen molar-refractivity contribution in [3.8, 4) is 11.3 Å². The van der Waals surface area contributed by atoms with Crippen molar-refractivity contribution in [2.24, 2.45) is 0 Å². The molecule has 2 aromatic carbocycles. The van der Waals surface area contributed by atoms with Gasteiger partial charge in [-0.25, -0.2) is 8.42 Å². The summed E-state index contributed by atoms with van der Waals surface area (Å²) in [5.74, 6) is -0.320. The molecule has 8 heteroatoms. The molecule has 0 aliphatic carbocycles. The molecular weight excluding hydrogens is 359 g/mol. The molecule has 0 saturated heterocycles. The minimum atomic E-state index is -3.94. The van der Waals surface area contributed by atoms with Crippen LogP contribution in [0.3, 0.4) is 0 Å². The summed E-state index contributed by atoms with van der Waals surface area (Å²) in [5.41, 5.74) is 5.95. The number of rotatable bonds is 3. The Balaban J connectivity index is 2.30. The molecule has 23 heavy (non-hydrogen) atoms. The van der Waals surface area contributed by atoms with E-state index in [0.717, 1.165) is 0 Å². The first-order chi connectivity index (χ1) is 10.9.